The van der Waals surface area contributed by atoms with E-state index in [2.05, 4.69) is 10.6 Å². The van der Waals surface area contributed by atoms with Gasteiger partial charge in [0.05, 0.1) is 11.4 Å². The molecule has 168 valence electrons. The first kappa shape index (κ1) is 22.0. The van der Waals surface area contributed by atoms with Crippen molar-refractivity contribution < 1.29 is 22.8 Å². The van der Waals surface area contributed by atoms with E-state index >= 15 is 0 Å². The van der Waals surface area contributed by atoms with E-state index in [4.69, 9.17) is 0 Å². The van der Waals surface area contributed by atoms with Gasteiger partial charge in [0.15, 0.2) is 0 Å². The van der Waals surface area contributed by atoms with Crippen LogP contribution in [0, 0.1) is 0 Å². The molecule has 2 aromatic rings. The molecule has 0 unspecified atom stereocenters. The molecule has 0 bridgehead atoms. The summed E-state index contributed by atoms with van der Waals surface area (Å²) in [6.07, 6.45) is 1.42. The number of carbonyl (C=O) groups is 3. The molecule has 2 fully saturated rings. The number of likely N-dealkylation sites (tertiary alicyclic amines) is 1. The lowest BCUT2D eigenvalue weighted by molar-refractivity contribution is -0.128. The Morgan fingerprint density at radius 2 is 1.88 bits per heavy atom. The summed E-state index contributed by atoms with van der Waals surface area (Å²) < 4.78 is 26.9. The maximum atomic E-state index is 12.9. The summed E-state index contributed by atoms with van der Waals surface area (Å²) in [6.45, 7) is 1.40. The summed E-state index contributed by atoms with van der Waals surface area (Å²) in [5.41, 5.74) is 1.64. The zero-order valence-corrected chi connectivity index (χ0v) is 18.2. The summed E-state index contributed by atoms with van der Waals surface area (Å²) in [6, 6.07) is 13.0. The number of nitrogens with zero attached hydrogens (tertiary/aromatic N) is 2. The molecule has 2 N–H and O–H groups in total. The van der Waals surface area contributed by atoms with Gasteiger partial charge in [0, 0.05) is 43.9 Å². The Bertz CT molecular complexity index is 1160. The van der Waals surface area contributed by atoms with E-state index < -0.39 is 15.9 Å². The lowest BCUT2D eigenvalue weighted by Crippen LogP contribution is -2.49. The molecule has 2 aromatic carbocycles. The largest absolute Gasteiger partial charge is 0.354 e. The first-order valence-corrected chi connectivity index (χ1v) is 11.8. The van der Waals surface area contributed by atoms with Crippen molar-refractivity contribution in [2.24, 2.45) is 0 Å². The maximum absolute atomic E-state index is 12.9. The zero-order valence-electron chi connectivity index (χ0n) is 17.4. The number of piperazine rings is 1. The lowest BCUT2D eigenvalue weighted by Gasteiger charge is -2.26. The molecule has 0 saturated carbocycles. The van der Waals surface area contributed by atoms with E-state index in [0.717, 1.165) is 22.8 Å². The molecule has 2 heterocycles. The molecule has 2 aliphatic heterocycles. The quantitative estimate of drug-likeness (QED) is 0.677. The van der Waals surface area contributed by atoms with Crippen molar-refractivity contribution in [3.63, 3.8) is 0 Å². The first-order chi connectivity index (χ1) is 15.3. The van der Waals surface area contributed by atoms with Gasteiger partial charge in [-0.3, -0.25) is 14.4 Å². The molecule has 32 heavy (non-hydrogen) atoms. The highest BCUT2D eigenvalue weighted by Gasteiger charge is 2.29. The molecule has 0 aromatic heterocycles. The van der Waals surface area contributed by atoms with Crippen LogP contribution in [0.2, 0.25) is 0 Å². The molecule has 0 atom stereocenters. The molecule has 10 heteroatoms. The summed E-state index contributed by atoms with van der Waals surface area (Å²) >= 11 is 0. The Morgan fingerprint density at radius 1 is 1.06 bits per heavy atom. The van der Waals surface area contributed by atoms with E-state index in [-0.39, 0.29) is 41.9 Å². The molecule has 2 saturated heterocycles. The van der Waals surface area contributed by atoms with Crippen molar-refractivity contribution in [3.8, 4) is 0 Å². The average Bonchev–Trinajstić information content (AvgIpc) is 3.18. The van der Waals surface area contributed by atoms with Gasteiger partial charge >= 0.3 is 0 Å². The lowest BCUT2D eigenvalue weighted by atomic mass is 10.1. The fourth-order valence-electron chi connectivity index (χ4n) is 3.81. The van der Waals surface area contributed by atoms with Crippen LogP contribution in [0.25, 0.3) is 0 Å². The third-order valence-corrected chi connectivity index (χ3v) is 7.31. The monoisotopic (exact) mass is 456 g/mol. The molecular weight excluding hydrogens is 432 g/mol. The second-order valence-corrected chi connectivity index (χ2v) is 9.73. The minimum absolute atomic E-state index is 0.0406. The summed E-state index contributed by atoms with van der Waals surface area (Å²) in [5.74, 6) is -0.680. The van der Waals surface area contributed by atoms with Crippen molar-refractivity contribution >= 4 is 33.4 Å². The van der Waals surface area contributed by atoms with E-state index in [1.165, 1.54) is 24.3 Å². The van der Waals surface area contributed by atoms with Crippen molar-refractivity contribution in [3.05, 3.63) is 59.7 Å². The Morgan fingerprint density at radius 3 is 2.62 bits per heavy atom. The third-order valence-electron chi connectivity index (χ3n) is 5.47. The van der Waals surface area contributed by atoms with Crippen LogP contribution in [0.3, 0.4) is 0 Å². The summed E-state index contributed by atoms with van der Waals surface area (Å²) in [5, 5.41) is 5.38. The minimum atomic E-state index is -3.89. The SMILES string of the molecule is O=C1CN(S(=O)(=O)c2cccc(C(=O)Nc3cccc(CN4CCCC4=O)c3)c2)CCN1. The predicted molar refractivity (Wildman–Crippen MR) is 117 cm³/mol. The number of hydrogen-bond acceptors (Lipinski definition) is 5. The molecule has 9 nitrogen and oxygen atoms in total. The molecule has 0 spiro atoms. The number of anilines is 1. The van der Waals surface area contributed by atoms with Crippen LogP contribution in [0.15, 0.2) is 53.4 Å². The normalized spacial score (nSPS) is 17.3. The number of carbonyl (C=O) groups excluding carboxylic acids is 3. The molecule has 4 rings (SSSR count). The fraction of sp³-hybridized carbons (Fsp3) is 0.318. The van der Waals surface area contributed by atoms with Crippen molar-refractivity contribution in [2.75, 3.05) is 31.5 Å². The Hall–Kier alpha value is -3.24. The van der Waals surface area contributed by atoms with Crippen molar-refractivity contribution in [1.29, 1.82) is 0 Å². The number of benzene rings is 2. The van der Waals surface area contributed by atoms with Crippen LogP contribution in [0.4, 0.5) is 5.69 Å². The van der Waals surface area contributed by atoms with Crippen molar-refractivity contribution in [2.45, 2.75) is 24.3 Å². The van der Waals surface area contributed by atoms with Crippen LogP contribution in [0.5, 0.6) is 0 Å². The van der Waals surface area contributed by atoms with Gasteiger partial charge in [-0.1, -0.05) is 18.2 Å². The van der Waals surface area contributed by atoms with Crippen LogP contribution in [-0.2, 0) is 26.2 Å². The second-order valence-electron chi connectivity index (χ2n) is 7.79. The molecule has 3 amide bonds. The smallest absolute Gasteiger partial charge is 0.255 e. The van der Waals surface area contributed by atoms with Gasteiger partial charge in [-0.25, -0.2) is 8.42 Å². The number of hydrogen-bond donors (Lipinski definition) is 2. The van der Waals surface area contributed by atoms with Crippen LogP contribution in [-0.4, -0.2) is 61.5 Å². The van der Waals surface area contributed by atoms with E-state index in [1.54, 1.807) is 23.1 Å². The summed E-state index contributed by atoms with van der Waals surface area (Å²) in [4.78, 5) is 38.0. The van der Waals surface area contributed by atoms with Gasteiger partial charge < -0.3 is 15.5 Å². The Balaban J connectivity index is 1.48. The zero-order chi connectivity index (χ0) is 22.7. The number of rotatable bonds is 6. The Labute approximate surface area is 186 Å². The molecular formula is C22H24N4O5S. The fourth-order valence-corrected chi connectivity index (χ4v) is 5.25. The van der Waals surface area contributed by atoms with Crippen molar-refractivity contribution in [1.82, 2.24) is 14.5 Å². The number of nitrogens with one attached hydrogen (secondary N) is 2. The second kappa shape index (κ2) is 9.09. The topological polar surface area (TPSA) is 116 Å². The van der Waals surface area contributed by atoms with Gasteiger partial charge in [0.1, 0.15) is 0 Å². The van der Waals surface area contributed by atoms with Gasteiger partial charge in [0.2, 0.25) is 21.8 Å². The highest BCUT2D eigenvalue weighted by atomic mass is 32.2. The third kappa shape index (κ3) is 4.81. The molecule has 0 aliphatic carbocycles. The first-order valence-electron chi connectivity index (χ1n) is 10.4. The van der Waals surface area contributed by atoms with E-state index in [9.17, 15) is 22.8 Å². The van der Waals surface area contributed by atoms with Crippen LogP contribution >= 0.6 is 0 Å². The van der Waals surface area contributed by atoms with E-state index in [0.29, 0.717) is 18.7 Å². The number of amides is 3. The van der Waals surface area contributed by atoms with Gasteiger partial charge in [-0.15, -0.1) is 0 Å². The Kier molecular flexibility index (Phi) is 6.24. The molecule has 0 radical (unpaired) electrons. The van der Waals surface area contributed by atoms with Gasteiger partial charge in [0.25, 0.3) is 5.91 Å². The number of sulfonamides is 1. The highest BCUT2D eigenvalue weighted by molar-refractivity contribution is 7.89. The maximum Gasteiger partial charge on any atom is 0.255 e. The standard InChI is InChI=1S/C22H24N4O5S/c27-20-15-26(11-9-23-20)32(30,31)19-7-2-5-17(13-19)22(29)24-18-6-1-4-16(12-18)14-25-10-3-8-21(25)28/h1-2,4-7,12-13H,3,8-11,14-15H2,(H,23,27)(H,24,29). The summed E-state index contributed by atoms with van der Waals surface area (Å²) in [7, 11) is -3.89. The minimum Gasteiger partial charge on any atom is -0.354 e. The van der Waals surface area contributed by atoms with Gasteiger partial charge in [-0.05, 0) is 42.3 Å². The predicted octanol–water partition coefficient (Wildman–Crippen LogP) is 1.18. The average molecular weight is 457 g/mol. The van der Waals surface area contributed by atoms with E-state index in [1.807, 2.05) is 6.07 Å². The highest BCUT2D eigenvalue weighted by Crippen LogP contribution is 2.20. The van der Waals surface area contributed by atoms with Gasteiger partial charge in [-0.2, -0.15) is 4.31 Å². The van der Waals surface area contributed by atoms with Crippen LogP contribution < -0.4 is 10.6 Å². The molecule has 2 aliphatic rings. The van der Waals surface area contributed by atoms with Crippen LogP contribution in [0.1, 0.15) is 28.8 Å².